The number of imidazole rings is 1. The molecule has 8 heteroatoms. The van der Waals surface area contributed by atoms with E-state index in [-0.39, 0.29) is 18.6 Å². The summed E-state index contributed by atoms with van der Waals surface area (Å²) in [6.45, 7) is 16.1. The number of nitrogens with zero attached hydrogens (tertiary/aromatic N) is 3. The number of anilines is 2. The number of hydrogen-bond acceptors (Lipinski definition) is 5. The van der Waals surface area contributed by atoms with E-state index in [0.29, 0.717) is 41.6 Å². The fraction of sp³-hybridized carbons (Fsp3) is 0.704. The van der Waals surface area contributed by atoms with Gasteiger partial charge >= 0.3 is 0 Å². The molecule has 0 spiro atoms. The lowest BCUT2D eigenvalue weighted by Gasteiger charge is -2.44. The van der Waals surface area contributed by atoms with Crippen LogP contribution in [0, 0.1) is 5.92 Å². The van der Waals surface area contributed by atoms with Crippen LogP contribution in [-0.4, -0.2) is 50.1 Å². The molecule has 1 saturated heterocycles. The van der Waals surface area contributed by atoms with Crippen LogP contribution in [0.2, 0.25) is 16.6 Å². The van der Waals surface area contributed by atoms with E-state index in [0.717, 1.165) is 36.2 Å². The van der Waals surface area contributed by atoms with Crippen molar-refractivity contribution in [2.45, 2.75) is 89.9 Å². The molecule has 0 radical (unpaired) electrons. The molecule has 2 aromatic rings. The average Bonchev–Trinajstić information content (AvgIpc) is 3.14. The van der Waals surface area contributed by atoms with Crippen LogP contribution < -0.4 is 10.6 Å². The van der Waals surface area contributed by atoms with Crippen molar-refractivity contribution in [1.82, 2.24) is 9.55 Å². The van der Waals surface area contributed by atoms with E-state index in [4.69, 9.17) is 19.9 Å². The van der Waals surface area contributed by atoms with Crippen LogP contribution in [0.3, 0.4) is 0 Å². The van der Waals surface area contributed by atoms with Crippen LogP contribution in [0.25, 0.3) is 11.0 Å². The molecule has 0 bridgehead atoms. The Kier molecular flexibility index (Phi) is 7.93. The fourth-order valence-corrected chi connectivity index (χ4v) is 12.4. The predicted molar refractivity (Wildman–Crippen MR) is 145 cm³/mol. The summed E-state index contributed by atoms with van der Waals surface area (Å²) < 4.78 is 14.6. The maximum absolute atomic E-state index is 12.3. The Bertz CT molecular complexity index is 1010. The highest BCUT2D eigenvalue weighted by Gasteiger charge is 2.46. The van der Waals surface area contributed by atoms with Crippen LogP contribution in [0.5, 0.6) is 0 Å². The number of nitrogens with two attached hydrogens (primary N) is 1. The highest BCUT2D eigenvalue weighted by Crippen LogP contribution is 2.45. The van der Waals surface area contributed by atoms with Crippen LogP contribution in [0.15, 0.2) is 18.2 Å². The Morgan fingerprint density at radius 2 is 1.80 bits per heavy atom. The number of fused-ring (bicyclic) bond motifs is 1. The molecule has 1 amide bonds. The number of hydrogen-bond donors (Lipinski definition) is 1. The lowest BCUT2D eigenvalue weighted by molar-refractivity contribution is -0.125. The van der Waals surface area contributed by atoms with Crippen molar-refractivity contribution in [2.24, 2.45) is 5.92 Å². The Morgan fingerprint density at radius 3 is 2.46 bits per heavy atom. The summed E-state index contributed by atoms with van der Waals surface area (Å²) >= 11 is 0. The van der Waals surface area contributed by atoms with E-state index in [1.165, 1.54) is 12.8 Å². The van der Waals surface area contributed by atoms with Crippen molar-refractivity contribution in [3.8, 4) is 0 Å². The van der Waals surface area contributed by atoms with Crippen molar-refractivity contribution in [2.75, 3.05) is 37.0 Å². The van der Waals surface area contributed by atoms with Gasteiger partial charge in [0.25, 0.3) is 5.91 Å². The maximum Gasteiger partial charge on any atom is 0.253 e. The zero-order valence-corrected chi connectivity index (χ0v) is 23.4. The molecule has 1 aliphatic heterocycles. The zero-order chi connectivity index (χ0) is 25.3. The highest BCUT2D eigenvalue weighted by atomic mass is 28.4. The molecule has 1 saturated carbocycles. The molecule has 35 heavy (non-hydrogen) atoms. The molecule has 4 rings (SSSR count). The minimum atomic E-state index is -1.93. The molecular weight excluding hydrogens is 456 g/mol. The van der Waals surface area contributed by atoms with Gasteiger partial charge in [-0.05, 0) is 47.7 Å². The van der Waals surface area contributed by atoms with Crippen LogP contribution in [0.4, 0.5) is 11.6 Å². The third-order valence-corrected chi connectivity index (χ3v) is 14.5. The predicted octanol–water partition coefficient (Wildman–Crippen LogP) is 5.91. The van der Waals surface area contributed by atoms with E-state index in [2.05, 4.69) is 52.2 Å². The Labute approximate surface area is 211 Å². The summed E-state index contributed by atoms with van der Waals surface area (Å²) in [5, 5.41) is 0. The number of carbonyl (C=O) groups excluding carboxylic acids is 1. The molecule has 2 fully saturated rings. The van der Waals surface area contributed by atoms with Crippen molar-refractivity contribution < 1.29 is 14.0 Å². The number of carbonyl (C=O) groups is 1. The number of amides is 1. The molecule has 2 aliphatic rings. The molecule has 2 N–H and O–H groups in total. The third kappa shape index (κ3) is 4.89. The van der Waals surface area contributed by atoms with E-state index >= 15 is 0 Å². The van der Waals surface area contributed by atoms with Crippen LogP contribution >= 0.6 is 0 Å². The first kappa shape index (κ1) is 26.2. The van der Waals surface area contributed by atoms with Gasteiger partial charge in [-0.2, -0.15) is 0 Å². The normalized spacial score (nSPS) is 22.2. The number of benzene rings is 1. The van der Waals surface area contributed by atoms with Gasteiger partial charge in [-0.1, -0.05) is 54.4 Å². The van der Waals surface area contributed by atoms with Gasteiger partial charge in [0.2, 0.25) is 5.95 Å². The van der Waals surface area contributed by atoms with Gasteiger partial charge < -0.3 is 24.4 Å². The van der Waals surface area contributed by atoms with Gasteiger partial charge in [-0.15, -0.1) is 0 Å². The van der Waals surface area contributed by atoms with E-state index in [9.17, 15) is 4.79 Å². The number of aromatic nitrogens is 2. The van der Waals surface area contributed by atoms with Crippen LogP contribution in [-0.2, 0) is 14.0 Å². The number of morpholine rings is 1. The van der Waals surface area contributed by atoms with Crippen LogP contribution in [0.1, 0.15) is 73.3 Å². The summed E-state index contributed by atoms with van der Waals surface area (Å²) in [4.78, 5) is 18.8. The lowest BCUT2D eigenvalue weighted by atomic mass is 9.85. The summed E-state index contributed by atoms with van der Waals surface area (Å²) in [5.74, 6) is 0.968. The number of nitrogen functional groups attached to an aromatic ring is 1. The van der Waals surface area contributed by atoms with E-state index in [1.807, 2.05) is 12.1 Å². The Hall–Kier alpha value is -1.90. The van der Waals surface area contributed by atoms with E-state index < -0.39 is 8.32 Å². The van der Waals surface area contributed by atoms with Crippen molar-refractivity contribution >= 4 is 36.9 Å². The second-order valence-corrected chi connectivity index (χ2v) is 16.8. The van der Waals surface area contributed by atoms with Gasteiger partial charge in [0, 0.05) is 30.8 Å². The highest BCUT2D eigenvalue weighted by molar-refractivity contribution is 6.77. The maximum atomic E-state index is 12.3. The molecule has 1 aromatic carbocycles. The standard InChI is InChI=1S/C27H44N4O3Si/c1-18(2)35(19(3)4,20(5)6)34-16-21-9-7-8-10-24(21)31-25-12-11-22(15-23(25)29-27(31)28)30-13-14-33-17-26(30)32/h11-12,15,18-21,24H,7-10,13-14,16-17H2,1-6H3,(H2,28,29)/t21-,24+/m1/s1. The molecule has 7 nitrogen and oxygen atoms in total. The molecule has 0 unspecified atom stereocenters. The first-order chi connectivity index (χ1) is 16.7. The largest absolute Gasteiger partial charge is 0.416 e. The third-order valence-electron chi connectivity index (χ3n) is 8.45. The lowest BCUT2D eigenvalue weighted by Crippen LogP contribution is -2.49. The van der Waals surface area contributed by atoms with Gasteiger partial charge in [-0.3, -0.25) is 4.79 Å². The number of ether oxygens (including phenoxy) is 1. The first-order valence-corrected chi connectivity index (χ1v) is 15.6. The monoisotopic (exact) mass is 500 g/mol. The minimum Gasteiger partial charge on any atom is -0.416 e. The topological polar surface area (TPSA) is 82.6 Å². The summed E-state index contributed by atoms with van der Waals surface area (Å²) in [6.07, 6.45) is 4.68. The van der Waals surface area contributed by atoms with Crippen molar-refractivity contribution in [3.05, 3.63) is 18.2 Å². The molecule has 1 aromatic heterocycles. The van der Waals surface area contributed by atoms with E-state index in [1.54, 1.807) is 4.90 Å². The van der Waals surface area contributed by atoms with Crippen molar-refractivity contribution in [3.63, 3.8) is 0 Å². The molecule has 2 atom stereocenters. The Morgan fingerprint density at radius 1 is 1.11 bits per heavy atom. The summed E-state index contributed by atoms with van der Waals surface area (Å²) in [5.41, 5.74) is 11.0. The Balaban J connectivity index is 1.62. The summed E-state index contributed by atoms with van der Waals surface area (Å²) in [7, 11) is -1.93. The van der Waals surface area contributed by atoms with Gasteiger partial charge in [0.1, 0.15) is 6.61 Å². The number of rotatable bonds is 8. The molecule has 194 valence electrons. The smallest absolute Gasteiger partial charge is 0.253 e. The second-order valence-electron chi connectivity index (χ2n) is 11.4. The average molecular weight is 501 g/mol. The SMILES string of the molecule is CC(C)[Si](OC[C@H]1CCCC[C@@H]1n1c(N)nc2cc(N3CCOCC3=O)ccc21)(C(C)C)C(C)C. The fourth-order valence-electron chi connectivity index (χ4n) is 6.89. The molecular formula is C27H44N4O3Si. The minimum absolute atomic E-state index is 0.0133. The van der Waals surface area contributed by atoms with Gasteiger partial charge in [0.15, 0.2) is 8.32 Å². The van der Waals surface area contributed by atoms with Gasteiger partial charge in [-0.25, -0.2) is 4.98 Å². The first-order valence-electron chi connectivity index (χ1n) is 13.5. The second kappa shape index (κ2) is 10.6. The molecule has 2 heterocycles. The van der Waals surface area contributed by atoms with Crippen molar-refractivity contribution in [1.29, 1.82) is 0 Å². The molecule has 1 aliphatic carbocycles. The zero-order valence-electron chi connectivity index (χ0n) is 22.4. The summed E-state index contributed by atoms with van der Waals surface area (Å²) in [6, 6.07) is 6.38. The quantitative estimate of drug-likeness (QED) is 0.456. The van der Waals surface area contributed by atoms with Gasteiger partial charge in [0.05, 0.1) is 17.6 Å².